The molecule has 0 fully saturated rings. The van der Waals surface area contributed by atoms with E-state index < -0.39 is 0 Å². The number of aliphatic imine (C=N–C) groups is 1. The third-order valence-corrected chi connectivity index (χ3v) is 4.21. The third-order valence-electron chi connectivity index (χ3n) is 2.93. The van der Waals surface area contributed by atoms with Crippen molar-refractivity contribution >= 4 is 17.4 Å². The van der Waals surface area contributed by atoms with Crippen LogP contribution in [0.15, 0.2) is 4.99 Å². The zero-order valence-corrected chi connectivity index (χ0v) is 9.28. The first-order chi connectivity index (χ1) is 6.74. The fraction of sp³-hybridized carbons (Fsp3) is 0.545. The Balaban J connectivity index is 2.51. The summed E-state index contributed by atoms with van der Waals surface area (Å²) in [5, 5.41) is 0. The number of nitrogens with zero attached hydrogens (tertiary/aromatic N) is 1. The smallest absolute Gasteiger partial charge is 0.211 e. The van der Waals surface area contributed by atoms with E-state index in [9.17, 15) is 4.79 Å². The standard InChI is InChI=1S/C11H13NOS/c1-7-8(2)14-10-5-3-4-9(11(7)10)12-6-13/h9H,3-5H2,1-2H3. The van der Waals surface area contributed by atoms with Crippen molar-refractivity contribution in [3.63, 3.8) is 0 Å². The fourth-order valence-electron chi connectivity index (χ4n) is 2.13. The van der Waals surface area contributed by atoms with E-state index >= 15 is 0 Å². The van der Waals surface area contributed by atoms with Crippen molar-refractivity contribution in [2.45, 2.75) is 39.2 Å². The molecule has 0 aromatic carbocycles. The molecule has 74 valence electrons. The number of carbonyl (C=O) groups excluding carboxylic acids is 1. The zero-order chi connectivity index (χ0) is 10.1. The Morgan fingerprint density at radius 2 is 2.29 bits per heavy atom. The molecule has 0 saturated heterocycles. The molecule has 0 amide bonds. The summed E-state index contributed by atoms with van der Waals surface area (Å²) in [4.78, 5) is 17.0. The lowest BCUT2D eigenvalue weighted by Crippen LogP contribution is -2.06. The highest BCUT2D eigenvalue weighted by Crippen LogP contribution is 2.40. The molecule has 0 spiro atoms. The first-order valence-electron chi connectivity index (χ1n) is 4.89. The number of hydrogen-bond donors (Lipinski definition) is 0. The lowest BCUT2D eigenvalue weighted by atomic mass is 9.91. The molecule has 1 aliphatic rings. The lowest BCUT2D eigenvalue weighted by molar-refractivity contribution is 0.539. The average Bonchev–Trinajstić information content (AvgIpc) is 2.45. The SMILES string of the molecule is Cc1sc2c(c1C)C(N=C=O)CCC2. The molecule has 3 heteroatoms. The Hall–Kier alpha value is -0.920. The molecule has 1 aliphatic carbocycles. The van der Waals surface area contributed by atoms with Crippen LogP contribution in [-0.4, -0.2) is 6.08 Å². The first-order valence-corrected chi connectivity index (χ1v) is 5.71. The highest BCUT2D eigenvalue weighted by atomic mass is 32.1. The molecule has 1 aromatic rings. The molecule has 2 nitrogen and oxygen atoms in total. The highest BCUT2D eigenvalue weighted by Gasteiger charge is 2.24. The van der Waals surface area contributed by atoms with Crippen LogP contribution in [0.2, 0.25) is 0 Å². The maximum absolute atomic E-state index is 10.3. The maximum atomic E-state index is 10.3. The Morgan fingerprint density at radius 3 is 3.00 bits per heavy atom. The van der Waals surface area contributed by atoms with E-state index in [0.29, 0.717) is 0 Å². The molecule has 1 atom stereocenters. The van der Waals surface area contributed by atoms with E-state index in [1.54, 1.807) is 6.08 Å². The summed E-state index contributed by atoms with van der Waals surface area (Å²) in [5.41, 5.74) is 2.64. The van der Waals surface area contributed by atoms with Gasteiger partial charge in [0.05, 0.1) is 6.04 Å². The Morgan fingerprint density at radius 1 is 1.50 bits per heavy atom. The minimum absolute atomic E-state index is 0.0844. The van der Waals surface area contributed by atoms with Gasteiger partial charge in [-0.3, -0.25) is 0 Å². The summed E-state index contributed by atoms with van der Waals surface area (Å²) in [5.74, 6) is 0. The van der Waals surface area contributed by atoms with Gasteiger partial charge in [0.2, 0.25) is 6.08 Å². The van der Waals surface area contributed by atoms with Gasteiger partial charge in [-0.25, -0.2) is 4.79 Å². The Bertz CT molecular complexity index is 402. The van der Waals surface area contributed by atoms with Crippen molar-refractivity contribution in [1.82, 2.24) is 0 Å². The van der Waals surface area contributed by atoms with Gasteiger partial charge in [-0.2, -0.15) is 4.99 Å². The summed E-state index contributed by atoms with van der Waals surface area (Å²) in [6.45, 7) is 4.27. The summed E-state index contributed by atoms with van der Waals surface area (Å²) >= 11 is 1.86. The summed E-state index contributed by atoms with van der Waals surface area (Å²) in [6, 6.07) is 0.0844. The van der Waals surface area contributed by atoms with E-state index in [1.807, 2.05) is 11.3 Å². The molecular formula is C11H13NOS. The Labute approximate surface area is 87.7 Å². The highest BCUT2D eigenvalue weighted by molar-refractivity contribution is 7.12. The van der Waals surface area contributed by atoms with Gasteiger partial charge in [-0.1, -0.05) is 0 Å². The summed E-state index contributed by atoms with van der Waals surface area (Å²) < 4.78 is 0. The van der Waals surface area contributed by atoms with Crippen molar-refractivity contribution in [3.8, 4) is 0 Å². The van der Waals surface area contributed by atoms with Crippen molar-refractivity contribution in [1.29, 1.82) is 0 Å². The molecule has 1 unspecified atom stereocenters. The van der Waals surface area contributed by atoms with E-state index in [4.69, 9.17) is 0 Å². The summed E-state index contributed by atoms with van der Waals surface area (Å²) in [6.07, 6.45) is 4.99. The second-order valence-corrected chi connectivity index (χ2v) is 5.06. The van der Waals surface area contributed by atoms with Gasteiger partial charge < -0.3 is 0 Å². The predicted octanol–water partition coefficient (Wildman–Crippen LogP) is 3.08. The third kappa shape index (κ3) is 1.43. The van der Waals surface area contributed by atoms with Gasteiger partial charge in [0.25, 0.3) is 0 Å². The van der Waals surface area contributed by atoms with Crippen LogP contribution < -0.4 is 0 Å². The quantitative estimate of drug-likeness (QED) is 0.514. The van der Waals surface area contributed by atoms with Crippen molar-refractivity contribution < 1.29 is 4.79 Å². The zero-order valence-electron chi connectivity index (χ0n) is 8.46. The second kappa shape index (κ2) is 3.68. The van der Waals surface area contributed by atoms with Crippen LogP contribution in [0, 0.1) is 13.8 Å². The van der Waals surface area contributed by atoms with Gasteiger partial charge in [0.1, 0.15) is 0 Å². The fourth-order valence-corrected chi connectivity index (χ4v) is 3.41. The molecule has 0 bridgehead atoms. The van der Waals surface area contributed by atoms with Gasteiger partial charge in [-0.05, 0) is 44.2 Å². The molecule has 14 heavy (non-hydrogen) atoms. The molecule has 2 rings (SSSR count). The van der Waals surface area contributed by atoms with Crippen LogP contribution in [0.25, 0.3) is 0 Å². The van der Waals surface area contributed by atoms with Crippen molar-refractivity contribution in [2.24, 2.45) is 4.99 Å². The van der Waals surface area contributed by atoms with Crippen LogP contribution in [0.5, 0.6) is 0 Å². The Kier molecular flexibility index (Phi) is 2.53. The second-order valence-electron chi connectivity index (χ2n) is 3.75. The van der Waals surface area contributed by atoms with Crippen LogP contribution in [0.4, 0.5) is 0 Å². The topological polar surface area (TPSA) is 29.4 Å². The van der Waals surface area contributed by atoms with Crippen LogP contribution in [0.1, 0.15) is 39.8 Å². The van der Waals surface area contributed by atoms with Gasteiger partial charge >= 0.3 is 0 Å². The number of thiophene rings is 1. The molecule has 1 heterocycles. The van der Waals surface area contributed by atoms with E-state index in [-0.39, 0.29) is 6.04 Å². The van der Waals surface area contributed by atoms with Gasteiger partial charge in [-0.15, -0.1) is 11.3 Å². The van der Waals surface area contributed by atoms with E-state index in [0.717, 1.165) is 19.3 Å². The monoisotopic (exact) mass is 207 g/mol. The number of rotatable bonds is 1. The number of hydrogen-bond acceptors (Lipinski definition) is 3. The molecule has 0 aliphatic heterocycles. The number of fused-ring (bicyclic) bond motifs is 1. The maximum Gasteiger partial charge on any atom is 0.235 e. The van der Waals surface area contributed by atoms with Crippen LogP contribution >= 0.6 is 11.3 Å². The first kappa shape index (κ1) is 9.63. The van der Waals surface area contributed by atoms with Crippen molar-refractivity contribution in [3.05, 3.63) is 20.9 Å². The summed E-state index contributed by atoms with van der Waals surface area (Å²) in [7, 11) is 0. The van der Waals surface area contributed by atoms with Crippen molar-refractivity contribution in [2.75, 3.05) is 0 Å². The van der Waals surface area contributed by atoms with Crippen LogP contribution in [0.3, 0.4) is 0 Å². The molecule has 1 aromatic heterocycles. The van der Waals surface area contributed by atoms with Gasteiger partial charge in [0, 0.05) is 9.75 Å². The normalized spacial score (nSPS) is 20.0. The molecule has 0 saturated carbocycles. The van der Waals surface area contributed by atoms with E-state index in [1.165, 1.54) is 20.9 Å². The van der Waals surface area contributed by atoms with E-state index in [2.05, 4.69) is 18.8 Å². The molecular weight excluding hydrogens is 194 g/mol. The largest absolute Gasteiger partial charge is 0.235 e. The molecule has 0 radical (unpaired) electrons. The predicted molar refractivity (Wildman–Crippen MR) is 57.6 cm³/mol. The lowest BCUT2D eigenvalue weighted by Gasteiger charge is -2.18. The number of isocyanates is 1. The van der Waals surface area contributed by atoms with Gasteiger partial charge in [0.15, 0.2) is 0 Å². The minimum Gasteiger partial charge on any atom is -0.211 e. The molecule has 0 N–H and O–H groups in total. The van der Waals surface area contributed by atoms with Crippen LogP contribution in [-0.2, 0) is 11.2 Å². The minimum atomic E-state index is 0.0844. The average molecular weight is 207 g/mol. The number of aryl methyl sites for hydroxylation is 2.